The highest BCUT2D eigenvalue weighted by Crippen LogP contribution is 2.44. The minimum atomic E-state index is -0.733. The fraction of sp³-hybridized carbons (Fsp3) is 0.500. The van der Waals surface area contributed by atoms with Gasteiger partial charge >= 0.3 is 0 Å². The van der Waals surface area contributed by atoms with E-state index in [4.69, 9.17) is 5.73 Å². The Morgan fingerprint density at radius 2 is 1.92 bits per heavy atom. The molecule has 3 amide bonds. The van der Waals surface area contributed by atoms with Gasteiger partial charge in [-0.3, -0.25) is 19.7 Å². The predicted molar refractivity (Wildman–Crippen MR) is 88.9 cm³/mol. The average molecular weight is 347 g/mol. The summed E-state index contributed by atoms with van der Waals surface area (Å²) in [6.45, 7) is 4.05. The first kappa shape index (κ1) is 17.5. The van der Waals surface area contributed by atoms with Crippen molar-refractivity contribution in [2.45, 2.75) is 57.7 Å². The Hall–Kier alpha value is -2.28. The van der Waals surface area contributed by atoms with E-state index in [1.54, 1.807) is 6.07 Å². The maximum atomic E-state index is 14.4. The van der Waals surface area contributed by atoms with Gasteiger partial charge in [-0.25, -0.2) is 4.39 Å². The molecule has 0 radical (unpaired) electrons. The van der Waals surface area contributed by atoms with Crippen molar-refractivity contribution in [2.75, 3.05) is 0 Å². The molecule has 25 heavy (non-hydrogen) atoms. The van der Waals surface area contributed by atoms with E-state index < -0.39 is 23.3 Å². The number of nitrogens with zero attached hydrogens (tertiary/aromatic N) is 1. The second-order valence-corrected chi connectivity index (χ2v) is 6.54. The topological polar surface area (TPSA) is 92.5 Å². The van der Waals surface area contributed by atoms with Crippen LogP contribution < -0.4 is 11.1 Å². The molecule has 4 rings (SSSR count). The molecule has 1 aliphatic carbocycles. The molecule has 6 nitrogen and oxygen atoms in total. The van der Waals surface area contributed by atoms with Gasteiger partial charge < -0.3 is 10.6 Å². The van der Waals surface area contributed by atoms with E-state index in [2.05, 4.69) is 5.32 Å². The molecular weight excluding hydrogens is 325 g/mol. The molecule has 2 fully saturated rings. The third kappa shape index (κ3) is 2.93. The summed E-state index contributed by atoms with van der Waals surface area (Å²) in [7, 11) is 0. The first-order valence-electron chi connectivity index (χ1n) is 8.65. The zero-order valence-corrected chi connectivity index (χ0v) is 14.4. The van der Waals surface area contributed by atoms with Gasteiger partial charge in [0.25, 0.3) is 5.91 Å². The Labute approximate surface area is 145 Å². The summed E-state index contributed by atoms with van der Waals surface area (Å²) in [5.41, 5.74) is 6.78. The fourth-order valence-corrected chi connectivity index (χ4v) is 3.33. The predicted octanol–water partition coefficient (Wildman–Crippen LogP) is 1.56. The van der Waals surface area contributed by atoms with E-state index in [0.717, 1.165) is 12.8 Å². The van der Waals surface area contributed by atoms with Gasteiger partial charge in [0.2, 0.25) is 11.8 Å². The molecular formula is C18H22FN3O3. The average Bonchev–Trinajstić information content (AvgIpc) is 3.25. The zero-order valence-electron chi connectivity index (χ0n) is 14.4. The van der Waals surface area contributed by atoms with E-state index in [0.29, 0.717) is 11.1 Å². The molecule has 3 aliphatic rings. The van der Waals surface area contributed by atoms with E-state index >= 15 is 0 Å². The molecule has 2 heterocycles. The van der Waals surface area contributed by atoms with Crippen LogP contribution in [0.25, 0.3) is 0 Å². The molecule has 0 bridgehead atoms. The largest absolute Gasteiger partial charge is 0.322 e. The number of carbonyl (C=O) groups excluding carboxylic acids is 3. The molecule has 134 valence electrons. The van der Waals surface area contributed by atoms with Crippen LogP contribution in [0.1, 0.15) is 61.0 Å². The summed E-state index contributed by atoms with van der Waals surface area (Å²) in [5, 5.41) is 2.23. The van der Waals surface area contributed by atoms with Gasteiger partial charge in [-0.05, 0) is 37.0 Å². The maximum absolute atomic E-state index is 14.4. The second kappa shape index (κ2) is 6.22. The van der Waals surface area contributed by atoms with Crippen molar-refractivity contribution in [3.8, 4) is 0 Å². The summed E-state index contributed by atoms with van der Waals surface area (Å²) in [5.74, 6) is -1.68. The van der Waals surface area contributed by atoms with Gasteiger partial charge in [0.1, 0.15) is 11.9 Å². The number of imide groups is 1. The number of rotatable bonds is 2. The molecule has 0 aromatic heterocycles. The second-order valence-electron chi connectivity index (χ2n) is 6.54. The number of halogens is 1. The van der Waals surface area contributed by atoms with Crippen molar-refractivity contribution in [3.63, 3.8) is 0 Å². The first-order valence-corrected chi connectivity index (χ1v) is 8.65. The molecule has 1 unspecified atom stereocenters. The number of hydrogen-bond acceptors (Lipinski definition) is 4. The van der Waals surface area contributed by atoms with E-state index in [1.165, 1.54) is 11.0 Å². The van der Waals surface area contributed by atoms with Crippen LogP contribution in [-0.2, 0) is 21.7 Å². The number of carbonyl (C=O) groups is 3. The molecule has 3 N–H and O–H groups in total. The third-order valence-electron chi connectivity index (χ3n) is 4.97. The SMILES string of the molecule is CC.NC1(c2cc(F)c3c(c2)C(=O)N(C2CCC(=O)NC2=O)C3)CC1. The monoisotopic (exact) mass is 347 g/mol. The van der Waals surface area contributed by atoms with Gasteiger partial charge in [-0.15, -0.1) is 0 Å². The Kier molecular flexibility index (Phi) is 4.36. The normalized spacial score (nSPS) is 23.6. The minimum absolute atomic E-state index is 0.0458. The highest BCUT2D eigenvalue weighted by atomic mass is 19.1. The number of fused-ring (bicyclic) bond motifs is 1. The van der Waals surface area contributed by atoms with Gasteiger partial charge in [0, 0.05) is 23.1 Å². The number of benzene rings is 1. The van der Waals surface area contributed by atoms with Crippen LogP contribution in [-0.4, -0.2) is 28.7 Å². The quantitative estimate of drug-likeness (QED) is 0.794. The Morgan fingerprint density at radius 1 is 1.24 bits per heavy atom. The van der Waals surface area contributed by atoms with Crippen LogP contribution in [0.3, 0.4) is 0 Å². The van der Waals surface area contributed by atoms with Crippen molar-refractivity contribution in [1.82, 2.24) is 10.2 Å². The van der Waals surface area contributed by atoms with Crippen molar-refractivity contribution in [3.05, 3.63) is 34.6 Å². The summed E-state index contributed by atoms with van der Waals surface area (Å²) in [4.78, 5) is 37.2. The molecule has 1 saturated carbocycles. The van der Waals surface area contributed by atoms with E-state index in [-0.39, 0.29) is 36.8 Å². The maximum Gasteiger partial charge on any atom is 0.255 e. The van der Waals surface area contributed by atoms with Crippen LogP contribution in [0.15, 0.2) is 12.1 Å². The lowest BCUT2D eigenvalue weighted by molar-refractivity contribution is -0.136. The zero-order chi connectivity index (χ0) is 18.4. The molecule has 2 aliphatic heterocycles. The number of amides is 3. The molecule has 1 saturated heterocycles. The highest BCUT2D eigenvalue weighted by molar-refractivity contribution is 6.05. The lowest BCUT2D eigenvalue weighted by Crippen LogP contribution is -2.52. The Morgan fingerprint density at radius 3 is 2.52 bits per heavy atom. The van der Waals surface area contributed by atoms with Gasteiger partial charge in [0.05, 0.1) is 6.54 Å². The number of nitrogens with two attached hydrogens (primary N) is 1. The summed E-state index contributed by atoms with van der Waals surface area (Å²) in [6.07, 6.45) is 1.99. The van der Waals surface area contributed by atoms with Crippen molar-refractivity contribution in [1.29, 1.82) is 0 Å². The van der Waals surface area contributed by atoms with Gasteiger partial charge in [-0.2, -0.15) is 0 Å². The van der Waals surface area contributed by atoms with Crippen molar-refractivity contribution in [2.24, 2.45) is 5.73 Å². The smallest absolute Gasteiger partial charge is 0.255 e. The first-order chi connectivity index (χ1) is 11.9. The molecule has 0 spiro atoms. The third-order valence-corrected chi connectivity index (χ3v) is 4.97. The Bertz CT molecular complexity index is 758. The Balaban J connectivity index is 0.000000880. The van der Waals surface area contributed by atoms with Crippen LogP contribution in [0.5, 0.6) is 0 Å². The summed E-state index contributed by atoms with van der Waals surface area (Å²) < 4.78 is 14.4. The van der Waals surface area contributed by atoms with Crippen LogP contribution in [0, 0.1) is 5.82 Å². The van der Waals surface area contributed by atoms with Crippen molar-refractivity contribution >= 4 is 17.7 Å². The minimum Gasteiger partial charge on any atom is -0.322 e. The van der Waals surface area contributed by atoms with Gasteiger partial charge in [-0.1, -0.05) is 13.8 Å². The number of piperidine rings is 1. The van der Waals surface area contributed by atoms with Crippen molar-refractivity contribution < 1.29 is 18.8 Å². The molecule has 7 heteroatoms. The lowest BCUT2D eigenvalue weighted by Gasteiger charge is -2.29. The van der Waals surface area contributed by atoms with E-state index in [1.807, 2.05) is 13.8 Å². The van der Waals surface area contributed by atoms with E-state index in [9.17, 15) is 18.8 Å². The summed E-state index contributed by atoms with van der Waals surface area (Å²) in [6, 6.07) is 2.32. The fourth-order valence-electron chi connectivity index (χ4n) is 3.33. The van der Waals surface area contributed by atoms with Gasteiger partial charge in [0.15, 0.2) is 0 Å². The molecule has 1 atom stereocenters. The lowest BCUT2D eigenvalue weighted by atomic mass is 9.99. The molecule has 1 aromatic rings. The molecule has 1 aromatic carbocycles. The standard InChI is InChI=1S/C16H16FN3O3.C2H6/c17-11-6-8(16(18)3-4-16)5-9-10(11)7-20(15(9)23)12-1-2-13(21)19-14(12)22;1-2/h5-6,12H,1-4,7,18H2,(H,19,21,22);1-2H3. The number of nitrogens with one attached hydrogen (secondary N) is 1. The number of hydrogen-bond donors (Lipinski definition) is 2. The summed E-state index contributed by atoms with van der Waals surface area (Å²) >= 11 is 0. The highest BCUT2D eigenvalue weighted by Gasteiger charge is 2.44. The van der Waals surface area contributed by atoms with Crippen LogP contribution in [0.4, 0.5) is 4.39 Å². The van der Waals surface area contributed by atoms with Crippen LogP contribution >= 0.6 is 0 Å². The van der Waals surface area contributed by atoms with Crippen LogP contribution in [0.2, 0.25) is 0 Å².